The van der Waals surface area contributed by atoms with E-state index in [1.54, 1.807) is 12.1 Å². The predicted octanol–water partition coefficient (Wildman–Crippen LogP) is 1.92. The van der Waals surface area contributed by atoms with Crippen molar-refractivity contribution in [2.75, 3.05) is 7.11 Å². The van der Waals surface area contributed by atoms with E-state index >= 15 is 0 Å². The third kappa shape index (κ3) is 2.25. The van der Waals surface area contributed by atoms with Gasteiger partial charge >= 0.3 is 0 Å². The molecule has 1 aromatic rings. The van der Waals surface area contributed by atoms with Gasteiger partial charge in [0.05, 0.1) is 23.3 Å². The van der Waals surface area contributed by atoms with E-state index in [4.69, 9.17) is 39.4 Å². The number of ether oxygens (including phenoxy) is 1. The monoisotopic (exact) mass is 220 g/mol. The standard InChI is InChI=1S/C8H10Cl2N2O/c1-13-7-3-5(9)4(8(11)12)2-6(7)10/h2-3,8H,11-12H2,1H3. The Balaban J connectivity index is 3.20. The molecule has 1 aromatic carbocycles. The normalized spacial score (nSPS) is 10.6. The van der Waals surface area contributed by atoms with Crippen LogP contribution in [-0.2, 0) is 0 Å². The van der Waals surface area contributed by atoms with Crippen LogP contribution >= 0.6 is 23.2 Å². The van der Waals surface area contributed by atoms with E-state index in [2.05, 4.69) is 0 Å². The highest BCUT2D eigenvalue weighted by Gasteiger charge is 2.10. The molecule has 0 fully saturated rings. The lowest BCUT2D eigenvalue weighted by Gasteiger charge is -2.11. The van der Waals surface area contributed by atoms with Gasteiger partial charge in [0.25, 0.3) is 0 Å². The summed E-state index contributed by atoms with van der Waals surface area (Å²) >= 11 is 11.7. The molecule has 0 unspecified atom stereocenters. The number of hydrogen-bond donors (Lipinski definition) is 2. The van der Waals surface area contributed by atoms with Crippen LogP contribution in [0.15, 0.2) is 12.1 Å². The summed E-state index contributed by atoms with van der Waals surface area (Å²) in [5, 5.41) is 0.902. The molecule has 0 heterocycles. The van der Waals surface area contributed by atoms with Gasteiger partial charge in [-0.1, -0.05) is 23.2 Å². The maximum Gasteiger partial charge on any atom is 0.138 e. The number of rotatable bonds is 2. The third-order valence-electron chi connectivity index (χ3n) is 1.63. The van der Waals surface area contributed by atoms with Crippen molar-refractivity contribution < 1.29 is 4.74 Å². The minimum atomic E-state index is -0.629. The van der Waals surface area contributed by atoms with Gasteiger partial charge < -0.3 is 16.2 Å². The van der Waals surface area contributed by atoms with Crippen molar-refractivity contribution in [1.82, 2.24) is 0 Å². The Morgan fingerprint density at radius 3 is 2.31 bits per heavy atom. The highest BCUT2D eigenvalue weighted by molar-refractivity contribution is 6.34. The van der Waals surface area contributed by atoms with Crippen LogP contribution in [0.25, 0.3) is 0 Å². The Hall–Kier alpha value is -0.480. The minimum Gasteiger partial charge on any atom is -0.495 e. The zero-order valence-corrected chi connectivity index (χ0v) is 8.56. The Bertz CT molecular complexity index is 315. The molecule has 0 saturated carbocycles. The van der Waals surface area contributed by atoms with Crippen LogP contribution in [0.1, 0.15) is 11.7 Å². The van der Waals surface area contributed by atoms with Gasteiger partial charge in [0.2, 0.25) is 0 Å². The fourth-order valence-electron chi connectivity index (χ4n) is 0.956. The lowest BCUT2D eigenvalue weighted by Crippen LogP contribution is -2.20. The van der Waals surface area contributed by atoms with Crippen molar-refractivity contribution in [3.63, 3.8) is 0 Å². The molecule has 0 aliphatic carbocycles. The predicted molar refractivity (Wildman–Crippen MR) is 54.1 cm³/mol. The minimum absolute atomic E-state index is 0.447. The fraction of sp³-hybridized carbons (Fsp3) is 0.250. The molecular formula is C8H10Cl2N2O. The topological polar surface area (TPSA) is 61.3 Å². The Labute approximate surface area is 86.6 Å². The summed E-state index contributed by atoms with van der Waals surface area (Å²) in [5.74, 6) is 0.510. The van der Waals surface area contributed by atoms with E-state index in [1.165, 1.54) is 7.11 Å². The first-order chi connectivity index (χ1) is 6.06. The van der Waals surface area contributed by atoms with Gasteiger partial charge in [0.1, 0.15) is 5.75 Å². The summed E-state index contributed by atoms with van der Waals surface area (Å²) in [6, 6.07) is 3.19. The average molecular weight is 221 g/mol. The van der Waals surface area contributed by atoms with Gasteiger partial charge in [-0.3, -0.25) is 0 Å². The quantitative estimate of drug-likeness (QED) is 0.750. The number of methoxy groups -OCH3 is 1. The van der Waals surface area contributed by atoms with Gasteiger partial charge in [0.15, 0.2) is 0 Å². The zero-order valence-electron chi connectivity index (χ0n) is 7.05. The van der Waals surface area contributed by atoms with Crippen LogP contribution < -0.4 is 16.2 Å². The number of nitrogens with two attached hydrogens (primary N) is 2. The van der Waals surface area contributed by atoms with Gasteiger partial charge in [-0.05, 0) is 6.07 Å². The molecule has 0 saturated heterocycles. The highest BCUT2D eigenvalue weighted by atomic mass is 35.5. The van der Waals surface area contributed by atoms with Crippen LogP contribution in [-0.4, -0.2) is 7.11 Å². The van der Waals surface area contributed by atoms with Crippen LogP contribution in [0.5, 0.6) is 5.75 Å². The van der Waals surface area contributed by atoms with E-state index in [-0.39, 0.29) is 0 Å². The van der Waals surface area contributed by atoms with E-state index in [9.17, 15) is 0 Å². The van der Waals surface area contributed by atoms with Crippen molar-refractivity contribution >= 4 is 23.2 Å². The molecule has 4 N–H and O–H groups in total. The van der Waals surface area contributed by atoms with E-state index < -0.39 is 6.17 Å². The van der Waals surface area contributed by atoms with Gasteiger partial charge in [0, 0.05) is 11.6 Å². The van der Waals surface area contributed by atoms with Crippen molar-refractivity contribution in [3.8, 4) is 5.75 Å². The summed E-state index contributed by atoms with van der Waals surface area (Å²) in [6.45, 7) is 0. The van der Waals surface area contributed by atoms with Gasteiger partial charge in [-0.15, -0.1) is 0 Å². The molecule has 0 aliphatic rings. The summed E-state index contributed by atoms with van der Waals surface area (Å²) in [6.07, 6.45) is -0.629. The molecule has 0 bridgehead atoms. The Morgan fingerprint density at radius 2 is 1.85 bits per heavy atom. The van der Waals surface area contributed by atoms with E-state index in [0.717, 1.165) is 0 Å². The SMILES string of the molecule is COc1cc(Cl)c(C(N)N)cc1Cl. The molecule has 72 valence electrons. The molecule has 1 rings (SSSR count). The first-order valence-electron chi connectivity index (χ1n) is 3.60. The average Bonchev–Trinajstić information content (AvgIpc) is 2.07. The van der Waals surface area contributed by atoms with E-state index in [0.29, 0.717) is 21.4 Å². The maximum absolute atomic E-state index is 5.88. The largest absolute Gasteiger partial charge is 0.495 e. The molecule has 0 aromatic heterocycles. The van der Waals surface area contributed by atoms with Crippen LogP contribution in [0.2, 0.25) is 10.0 Å². The number of benzene rings is 1. The highest BCUT2D eigenvalue weighted by Crippen LogP contribution is 2.32. The summed E-state index contributed by atoms with van der Waals surface area (Å²) in [5.41, 5.74) is 11.5. The maximum atomic E-state index is 5.88. The van der Waals surface area contributed by atoms with E-state index in [1.807, 2.05) is 0 Å². The lowest BCUT2D eigenvalue weighted by molar-refractivity contribution is 0.415. The second kappa shape index (κ2) is 4.15. The van der Waals surface area contributed by atoms with Crippen molar-refractivity contribution in [2.24, 2.45) is 11.5 Å². The Morgan fingerprint density at radius 1 is 1.23 bits per heavy atom. The van der Waals surface area contributed by atoms with Crippen LogP contribution in [0.3, 0.4) is 0 Å². The molecule has 3 nitrogen and oxygen atoms in total. The lowest BCUT2D eigenvalue weighted by atomic mass is 10.2. The molecule has 5 heteroatoms. The first kappa shape index (κ1) is 10.6. The molecule has 0 atom stereocenters. The van der Waals surface area contributed by atoms with Gasteiger partial charge in [-0.2, -0.15) is 0 Å². The number of hydrogen-bond acceptors (Lipinski definition) is 3. The second-order valence-corrected chi connectivity index (χ2v) is 3.35. The second-order valence-electron chi connectivity index (χ2n) is 2.53. The smallest absolute Gasteiger partial charge is 0.138 e. The summed E-state index contributed by atoms with van der Waals surface area (Å²) in [7, 11) is 1.51. The van der Waals surface area contributed by atoms with Crippen molar-refractivity contribution in [3.05, 3.63) is 27.7 Å². The van der Waals surface area contributed by atoms with Crippen molar-refractivity contribution in [2.45, 2.75) is 6.17 Å². The fourth-order valence-corrected chi connectivity index (χ4v) is 1.48. The van der Waals surface area contributed by atoms with Gasteiger partial charge in [-0.25, -0.2) is 0 Å². The zero-order chi connectivity index (χ0) is 10.0. The third-order valence-corrected chi connectivity index (χ3v) is 2.25. The molecule has 0 aliphatic heterocycles. The Kier molecular flexibility index (Phi) is 3.39. The molecule has 13 heavy (non-hydrogen) atoms. The first-order valence-corrected chi connectivity index (χ1v) is 4.36. The summed E-state index contributed by atoms with van der Waals surface area (Å²) < 4.78 is 4.96. The summed E-state index contributed by atoms with van der Waals surface area (Å²) in [4.78, 5) is 0. The molecule has 0 spiro atoms. The van der Waals surface area contributed by atoms with Crippen molar-refractivity contribution in [1.29, 1.82) is 0 Å². The van der Waals surface area contributed by atoms with Crippen LogP contribution in [0.4, 0.5) is 0 Å². The molecule has 0 radical (unpaired) electrons. The number of halogens is 2. The molecular weight excluding hydrogens is 211 g/mol. The molecule has 0 amide bonds. The van der Waals surface area contributed by atoms with Crippen LogP contribution in [0, 0.1) is 0 Å².